The minimum absolute atomic E-state index is 0.173. The molecule has 1 rings (SSSR count). The number of nitriles is 1. The van der Waals surface area contributed by atoms with Crippen molar-refractivity contribution >= 4 is 0 Å². The van der Waals surface area contributed by atoms with Crippen molar-refractivity contribution in [3.8, 4) is 6.07 Å². The molecule has 98 valence electrons. The third-order valence-corrected chi connectivity index (χ3v) is 4.61. The largest absolute Gasteiger partial charge is 0.286 e. The molecule has 0 spiro atoms. The highest BCUT2D eigenvalue weighted by Crippen LogP contribution is 2.36. The number of rotatable bonds is 4. The van der Waals surface area contributed by atoms with Crippen molar-refractivity contribution in [1.82, 2.24) is 4.90 Å². The van der Waals surface area contributed by atoms with Gasteiger partial charge in [0.25, 0.3) is 0 Å². The molecule has 0 saturated heterocycles. The van der Waals surface area contributed by atoms with Gasteiger partial charge in [-0.25, -0.2) is 0 Å². The Morgan fingerprint density at radius 3 is 2.35 bits per heavy atom. The van der Waals surface area contributed by atoms with E-state index in [1.807, 2.05) is 0 Å². The first-order chi connectivity index (χ1) is 8.09. The van der Waals surface area contributed by atoms with Crippen molar-refractivity contribution in [2.45, 2.75) is 65.3 Å². The van der Waals surface area contributed by atoms with Crippen LogP contribution >= 0.6 is 0 Å². The molecule has 2 unspecified atom stereocenters. The Balaban J connectivity index is 2.78. The van der Waals surface area contributed by atoms with Gasteiger partial charge in [0.2, 0.25) is 0 Å². The maximum Gasteiger partial charge on any atom is 0.109 e. The Kier molecular flexibility index (Phi) is 5.46. The zero-order chi connectivity index (χ0) is 12.9. The van der Waals surface area contributed by atoms with E-state index in [9.17, 15) is 5.26 Å². The molecule has 2 atom stereocenters. The van der Waals surface area contributed by atoms with E-state index in [0.29, 0.717) is 0 Å². The topological polar surface area (TPSA) is 27.0 Å². The maximum absolute atomic E-state index is 9.63. The van der Waals surface area contributed by atoms with Gasteiger partial charge in [0.1, 0.15) is 5.54 Å². The molecule has 0 amide bonds. The van der Waals surface area contributed by atoms with E-state index in [1.54, 1.807) is 0 Å². The highest BCUT2D eigenvalue weighted by atomic mass is 15.2. The molecule has 0 aromatic rings. The van der Waals surface area contributed by atoms with Crippen LogP contribution in [0.25, 0.3) is 0 Å². The third kappa shape index (κ3) is 3.22. The Morgan fingerprint density at radius 1 is 1.24 bits per heavy atom. The summed E-state index contributed by atoms with van der Waals surface area (Å²) in [5, 5.41) is 9.63. The highest BCUT2D eigenvalue weighted by molar-refractivity contribution is 5.09. The third-order valence-electron chi connectivity index (χ3n) is 4.61. The molecule has 17 heavy (non-hydrogen) atoms. The van der Waals surface area contributed by atoms with Gasteiger partial charge in [0, 0.05) is 0 Å². The Labute approximate surface area is 107 Å². The van der Waals surface area contributed by atoms with Crippen LogP contribution in [0, 0.1) is 23.2 Å². The lowest BCUT2D eigenvalue weighted by molar-refractivity contribution is 0.132. The van der Waals surface area contributed by atoms with Gasteiger partial charge in [-0.1, -0.05) is 40.5 Å². The molecule has 0 radical (unpaired) electrons. The molecular weight excluding hydrogens is 208 g/mol. The first-order valence-corrected chi connectivity index (χ1v) is 7.26. The normalized spacial score (nSPS) is 30.3. The fourth-order valence-electron chi connectivity index (χ4n) is 3.34. The van der Waals surface area contributed by atoms with Crippen LogP contribution in [0.4, 0.5) is 0 Å². The Bertz CT molecular complexity index is 263. The lowest BCUT2D eigenvalue weighted by atomic mass is 9.86. The molecule has 1 aliphatic rings. The van der Waals surface area contributed by atoms with Gasteiger partial charge in [-0.2, -0.15) is 5.26 Å². The fraction of sp³-hybridized carbons (Fsp3) is 0.933. The molecular formula is C15H28N2. The molecule has 0 heterocycles. The van der Waals surface area contributed by atoms with E-state index in [1.165, 1.54) is 19.3 Å². The average Bonchev–Trinajstić information content (AvgIpc) is 2.54. The molecule has 0 N–H and O–H groups in total. The van der Waals surface area contributed by atoms with E-state index in [4.69, 9.17) is 0 Å². The van der Waals surface area contributed by atoms with E-state index in [2.05, 4.69) is 38.7 Å². The molecule has 1 saturated carbocycles. The molecule has 1 fully saturated rings. The second kappa shape index (κ2) is 6.40. The summed E-state index contributed by atoms with van der Waals surface area (Å²) >= 11 is 0. The van der Waals surface area contributed by atoms with Crippen molar-refractivity contribution in [3.05, 3.63) is 0 Å². The summed E-state index contributed by atoms with van der Waals surface area (Å²) in [4.78, 5) is 2.37. The highest BCUT2D eigenvalue weighted by Gasteiger charge is 2.37. The summed E-state index contributed by atoms with van der Waals surface area (Å²) in [6.45, 7) is 11.0. The van der Waals surface area contributed by atoms with Gasteiger partial charge >= 0.3 is 0 Å². The lowest BCUT2D eigenvalue weighted by Gasteiger charge is -2.37. The molecule has 1 aliphatic carbocycles. The molecule has 0 bridgehead atoms. The van der Waals surface area contributed by atoms with Crippen molar-refractivity contribution in [3.63, 3.8) is 0 Å². The molecule has 2 nitrogen and oxygen atoms in total. The predicted molar refractivity (Wildman–Crippen MR) is 72.7 cm³/mol. The van der Waals surface area contributed by atoms with Crippen molar-refractivity contribution in [1.29, 1.82) is 5.26 Å². The van der Waals surface area contributed by atoms with Crippen LogP contribution in [-0.2, 0) is 0 Å². The summed E-state index contributed by atoms with van der Waals surface area (Å²) in [6.07, 6.45) is 5.87. The number of hydrogen-bond acceptors (Lipinski definition) is 2. The number of hydrogen-bond donors (Lipinski definition) is 0. The maximum atomic E-state index is 9.63. The van der Waals surface area contributed by atoms with Crippen LogP contribution in [0.1, 0.15) is 59.8 Å². The van der Waals surface area contributed by atoms with Crippen molar-refractivity contribution < 1.29 is 0 Å². The van der Waals surface area contributed by atoms with Gasteiger partial charge in [0.15, 0.2) is 0 Å². The summed E-state index contributed by atoms with van der Waals surface area (Å²) in [5.74, 6) is 1.59. The zero-order valence-electron chi connectivity index (χ0n) is 12.0. The van der Waals surface area contributed by atoms with Crippen LogP contribution in [0.5, 0.6) is 0 Å². The molecule has 0 aromatic heterocycles. The smallest absolute Gasteiger partial charge is 0.109 e. The standard InChI is InChI=1S/C15H28N2/c1-5-17(6-2)15(12-16)10-7-8-14(9-11-15)13(3)4/h13-14H,5-11H2,1-4H3. The first-order valence-electron chi connectivity index (χ1n) is 7.26. The van der Waals surface area contributed by atoms with Crippen molar-refractivity contribution in [2.24, 2.45) is 11.8 Å². The first kappa shape index (κ1) is 14.5. The van der Waals surface area contributed by atoms with Crippen LogP contribution in [0.2, 0.25) is 0 Å². The molecule has 0 aliphatic heterocycles. The lowest BCUT2D eigenvalue weighted by Crippen LogP contribution is -2.47. The summed E-state index contributed by atoms with van der Waals surface area (Å²) in [6, 6.07) is 2.64. The van der Waals surface area contributed by atoms with E-state index in [0.717, 1.165) is 37.8 Å². The Hall–Kier alpha value is -0.550. The van der Waals surface area contributed by atoms with Gasteiger partial charge in [0.05, 0.1) is 6.07 Å². The zero-order valence-corrected chi connectivity index (χ0v) is 12.0. The van der Waals surface area contributed by atoms with Crippen LogP contribution < -0.4 is 0 Å². The van der Waals surface area contributed by atoms with Gasteiger partial charge in [-0.15, -0.1) is 0 Å². The van der Waals surface area contributed by atoms with Gasteiger partial charge < -0.3 is 0 Å². The Morgan fingerprint density at radius 2 is 1.88 bits per heavy atom. The fourth-order valence-corrected chi connectivity index (χ4v) is 3.34. The van der Waals surface area contributed by atoms with E-state index >= 15 is 0 Å². The summed E-state index contributed by atoms with van der Waals surface area (Å²) in [5.41, 5.74) is -0.173. The average molecular weight is 236 g/mol. The SMILES string of the molecule is CCN(CC)C1(C#N)CCCC(C(C)C)CC1. The van der Waals surface area contributed by atoms with Crippen LogP contribution in [0.3, 0.4) is 0 Å². The quantitative estimate of drug-likeness (QED) is 0.694. The van der Waals surface area contributed by atoms with Crippen LogP contribution in [-0.4, -0.2) is 23.5 Å². The summed E-state index contributed by atoms with van der Waals surface area (Å²) < 4.78 is 0. The summed E-state index contributed by atoms with van der Waals surface area (Å²) in [7, 11) is 0. The second-order valence-electron chi connectivity index (χ2n) is 5.75. The van der Waals surface area contributed by atoms with E-state index in [-0.39, 0.29) is 5.54 Å². The monoisotopic (exact) mass is 236 g/mol. The van der Waals surface area contributed by atoms with Gasteiger partial charge in [-0.3, -0.25) is 4.90 Å². The van der Waals surface area contributed by atoms with E-state index < -0.39 is 0 Å². The van der Waals surface area contributed by atoms with Gasteiger partial charge in [-0.05, 0) is 44.2 Å². The second-order valence-corrected chi connectivity index (χ2v) is 5.75. The molecule has 2 heteroatoms. The molecule has 0 aromatic carbocycles. The minimum Gasteiger partial charge on any atom is -0.286 e. The number of nitrogens with zero attached hydrogens (tertiary/aromatic N) is 2. The van der Waals surface area contributed by atoms with Crippen molar-refractivity contribution in [2.75, 3.05) is 13.1 Å². The predicted octanol–water partition coefficient (Wildman–Crippen LogP) is 3.83. The minimum atomic E-state index is -0.173. The van der Waals surface area contributed by atoms with Crippen LogP contribution in [0.15, 0.2) is 0 Å².